The fourth-order valence-corrected chi connectivity index (χ4v) is 5.47. The third-order valence-electron chi connectivity index (χ3n) is 7.45. The molecule has 2 N–H and O–H groups in total. The first kappa shape index (κ1) is 33.0. The zero-order chi connectivity index (χ0) is 31.8. The molecule has 10 heteroatoms. The van der Waals surface area contributed by atoms with Gasteiger partial charge >= 0.3 is 0 Å². The number of aryl methyl sites for hydroxylation is 2. The van der Waals surface area contributed by atoms with Gasteiger partial charge in [0.2, 0.25) is 5.91 Å². The van der Waals surface area contributed by atoms with Crippen LogP contribution in [0, 0.1) is 31.1 Å². The highest BCUT2D eigenvalue weighted by Crippen LogP contribution is 2.27. The Kier molecular flexibility index (Phi) is 11.4. The van der Waals surface area contributed by atoms with Gasteiger partial charge in [0, 0.05) is 43.3 Å². The minimum Gasteiger partial charge on any atom is -0.351 e. The Morgan fingerprint density at radius 3 is 2.55 bits per heavy atom. The average molecular weight is 648 g/mol. The van der Waals surface area contributed by atoms with Gasteiger partial charge in [0.15, 0.2) is 5.11 Å². The molecule has 7 nitrogen and oxygen atoms in total. The van der Waals surface area contributed by atoms with E-state index in [1.54, 1.807) is 30.7 Å². The van der Waals surface area contributed by atoms with Crippen LogP contribution in [-0.2, 0) is 24.3 Å². The van der Waals surface area contributed by atoms with Gasteiger partial charge < -0.3 is 20.1 Å². The highest BCUT2D eigenvalue weighted by atomic mass is 35.5. The second-order valence-corrected chi connectivity index (χ2v) is 12.4. The van der Waals surface area contributed by atoms with Crippen LogP contribution in [0.25, 0.3) is 0 Å². The van der Waals surface area contributed by atoms with Gasteiger partial charge in [-0.1, -0.05) is 79.0 Å². The lowest BCUT2D eigenvalue weighted by molar-refractivity contribution is -0.121. The van der Waals surface area contributed by atoms with E-state index in [1.807, 2.05) is 52.8 Å². The van der Waals surface area contributed by atoms with E-state index >= 15 is 0 Å². The number of hydrogen-bond donors (Lipinski definition) is 2. The number of thiocarbonyl (C=S) groups is 1. The minimum absolute atomic E-state index is 0.112. The Morgan fingerprint density at radius 1 is 1.11 bits per heavy atom. The molecule has 1 atom stereocenters. The van der Waals surface area contributed by atoms with Gasteiger partial charge in [-0.25, -0.2) is 4.98 Å². The molecule has 0 unspecified atom stereocenters. The van der Waals surface area contributed by atoms with Crippen LogP contribution in [0.2, 0.25) is 10.0 Å². The maximum Gasteiger partial charge on any atom is 0.226 e. The number of anilines is 1. The van der Waals surface area contributed by atoms with Crippen molar-refractivity contribution in [3.63, 3.8) is 0 Å². The van der Waals surface area contributed by atoms with Crippen LogP contribution >= 0.6 is 35.4 Å². The van der Waals surface area contributed by atoms with E-state index in [0.29, 0.717) is 40.4 Å². The van der Waals surface area contributed by atoms with Crippen LogP contribution in [0.15, 0.2) is 73.2 Å². The molecular weight excluding hydrogens is 611 g/mol. The molecule has 4 aromatic rings. The maximum absolute atomic E-state index is 13.4. The second-order valence-electron chi connectivity index (χ2n) is 11.3. The summed E-state index contributed by atoms with van der Waals surface area (Å²) in [5.74, 6) is 0.00280. The maximum atomic E-state index is 13.4. The molecule has 0 radical (unpaired) electrons. The van der Waals surface area contributed by atoms with Crippen molar-refractivity contribution in [3.8, 4) is 6.07 Å². The Labute approximate surface area is 274 Å². The first-order valence-corrected chi connectivity index (χ1v) is 15.5. The standard InChI is InChI=1S/C34H36Cl2N6OS/c1-22(2)31(39-32(43)15-28-17-38-21-42(28)18-26-11-9-25(16-37)10-12-26)20-41(19-27-6-5-7-29(35)33(27)36)34(44)40-30-13-8-23(3)14-24(30)4/h5-14,17,21-22,31H,15,18-20H2,1-4H3,(H,39,43)(H,40,44)/t31-/m1/s1. The number of carbonyl (C=O) groups is 1. The van der Waals surface area contributed by atoms with E-state index in [-0.39, 0.29) is 24.3 Å². The Hall–Kier alpha value is -3.90. The summed E-state index contributed by atoms with van der Waals surface area (Å²) in [5, 5.41) is 17.2. The van der Waals surface area contributed by atoms with E-state index in [9.17, 15) is 4.79 Å². The van der Waals surface area contributed by atoms with Gasteiger partial charge in [-0.15, -0.1) is 0 Å². The number of aromatic nitrogens is 2. The molecule has 1 aromatic heterocycles. The highest BCUT2D eigenvalue weighted by molar-refractivity contribution is 7.80. The number of benzene rings is 3. The predicted molar refractivity (Wildman–Crippen MR) is 182 cm³/mol. The Bertz CT molecular complexity index is 1660. The van der Waals surface area contributed by atoms with Crippen LogP contribution in [0.4, 0.5) is 5.69 Å². The first-order valence-electron chi connectivity index (χ1n) is 14.4. The van der Waals surface area contributed by atoms with E-state index < -0.39 is 0 Å². The number of carbonyl (C=O) groups excluding carboxylic acids is 1. The zero-order valence-corrected chi connectivity index (χ0v) is 27.6. The lowest BCUT2D eigenvalue weighted by Crippen LogP contribution is -2.49. The molecule has 0 aliphatic heterocycles. The second kappa shape index (κ2) is 15.2. The molecule has 1 amide bonds. The Balaban J connectivity index is 1.50. The number of hydrogen-bond acceptors (Lipinski definition) is 4. The summed E-state index contributed by atoms with van der Waals surface area (Å²) in [4.78, 5) is 19.7. The molecule has 0 fully saturated rings. The molecular formula is C34H36Cl2N6OS. The van der Waals surface area contributed by atoms with E-state index in [0.717, 1.165) is 28.1 Å². The van der Waals surface area contributed by atoms with E-state index in [2.05, 4.69) is 48.5 Å². The summed E-state index contributed by atoms with van der Waals surface area (Å²) in [6.45, 7) is 9.66. The van der Waals surface area contributed by atoms with Crippen LogP contribution in [0.5, 0.6) is 0 Å². The van der Waals surface area contributed by atoms with E-state index in [4.69, 9.17) is 40.7 Å². The summed E-state index contributed by atoms with van der Waals surface area (Å²) in [6, 6.07) is 21.0. The molecule has 44 heavy (non-hydrogen) atoms. The SMILES string of the molecule is Cc1ccc(NC(=S)N(Cc2cccc(Cl)c2Cl)C[C@@H](NC(=O)Cc2cncn2Cc2ccc(C#N)cc2)C(C)C)c(C)c1. The van der Waals surface area contributed by atoms with Crippen molar-refractivity contribution >= 4 is 52.1 Å². The largest absolute Gasteiger partial charge is 0.351 e. The normalized spacial score (nSPS) is 11.6. The number of amides is 1. The third kappa shape index (κ3) is 8.82. The first-order chi connectivity index (χ1) is 21.0. The van der Waals surface area contributed by atoms with Crippen molar-refractivity contribution in [1.29, 1.82) is 5.26 Å². The number of rotatable bonds is 11. The van der Waals surface area contributed by atoms with Gasteiger partial charge in [0.25, 0.3) is 0 Å². The summed E-state index contributed by atoms with van der Waals surface area (Å²) in [6.07, 6.45) is 3.60. The highest BCUT2D eigenvalue weighted by Gasteiger charge is 2.24. The molecule has 4 rings (SSSR count). The molecule has 0 bridgehead atoms. The molecule has 1 heterocycles. The summed E-state index contributed by atoms with van der Waals surface area (Å²) >= 11 is 18.8. The lowest BCUT2D eigenvalue weighted by Gasteiger charge is -2.33. The fraction of sp³-hybridized carbons (Fsp3) is 0.294. The molecule has 228 valence electrons. The number of halogens is 2. The van der Waals surface area contributed by atoms with Crippen LogP contribution in [-0.4, -0.2) is 38.1 Å². The molecule has 0 aliphatic carbocycles. The number of imidazole rings is 1. The van der Waals surface area contributed by atoms with Gasteiger partial charge in [-0.3, -0.25) is 4.79 Å². The van der Waals surface area contributed by atoms with Crippen molar-refractivity contribution in [3.05, 3.63) is 117 Å². The van der Waals surface area contributed by atoms with Gasteiger partial charge in [-0.05, 0) is 72.9 Å². The van der Waals surface area contributed by atoms with Crippen LogP contribution in [0.1, 0.15) is 47.4 Å². The molecule has 0 saturated heterocycles. The third-order valence-corrected chi connectivity index (χ3v) is 8.67. The molecule has 3 aromatic carbocycles. The summed E-state index contributed by atoms with van der Waals surface area (Å²) < 4.78 is 1.95. The summed E-state index contributed by atoms with van der Waals surface area (Å²) in [7, 11) is 0. The van der Waals surface area contributed by atoms with E-state index in [1.165, 1.54) is 5.56 Å². The smallest absolute Gasteiger partial charge is 0.226 e. The molecule has 0 aliphatic rings. The quantitative estimate of drug-likeness (QED) is 0.166. The van der Waals surface area contributed by atoms with Gasteiger partial charge in [0.1, 0.15) is 0 Å². The predicted octanol–water partition coefficient (Wildman–Crippen LogP) is 7.31. The summed E-state index contributed by atoms with van der Waals surface area (Å²) in [5.41, 5.74) is 6.43. The monoisotopic (exact) mass is 646 g/mol. The van der Waals surface area contributed by atoms with Gasteiger partial charge in [0.05, 0.1) is 34.4 Å². The minimum atomic E-state index is -0.214. The van der Waals surface area contributed by atoms with Crippen LogP contribution in [0.3, 0.4) is 0 Å². The number of nitriles is 1. The van der Waals surface area contributed by atoms with Crippen molar-refractivity contribution in [2.75, 3.05) is 11.9 Å². The topological polar surface area (TPSA) is 86.0 Å². The molecule has 0 spiro atoms. The van der Waals surface area contributed by atoms with Crippen molar-refractivity contribution in [2.24, 2.45) is 5.92 Å². The molecule has 0 saturated carbocycles. The lowest BCUT2D eigenvalue weighted by atomic mass is 10.0. The van der Waals surface area contributed by atoms with Crippen molar-refractivity contribution < 1.29 is 4.79 Å². The van der Waals surface area contributed by atoms with Gasteiger partial charge in [-0.2, -0.15) is 5.26 Å². The van der Waals surface area contributed by atoms with Crippen molar-refractivity contribution in [1.82, 2.24) is 19.8 Å². The number of nitrogens with one attached hydrogen (secondary N) is 2. The van der Waals surface area contributed by atoms with Crippen molar-refractivity contribution in [2.45, 2.75) is 53.2 Å². The average Bonchev–Trinajstić information content (AvgIpc) is 3.42. The Morgan fingerprint density at radius 2 is 1.86 bits per heavy atom. The zero-order valence-electron chi connectivity index (χ0n) is 25.3. The fourth-order valence-electron chi connectivity index (χ4n) is 4.85. The van der Waals surface area contributed by atoms with Crippen LogP contribution < -0.4 is 10.6 Å². The number of nitrogens with zero attached hydrogens (tertiary/aromatic N) is 4.